The third-order valence-corrected chi connectivity index (χ3v) is 3.19. The van der Waals surface area contributed by atoms with Gasteiger partial charge in [-0.25, -0.2) is 0 Å². The van der Waals surface area contributed by atoms with E-state index < -0.39 is 0 Å². The van der Waals surface area contributed by atoms with Gasteiger partial charge in [0, 0.05) is 12.1 Å². The van der Waals surface area contributed by atoms with E-state index in [4.69, 9.17) is 5.73 Å². The third-order valence-electron chi connectivity index (χ3n) is 3.19. The zero-order valence-corrected chi connectivity index (χ0v) is 11.9. The number of nitrogens with one attached hydrogen (secondary N) is 1. The number of halogens is 1. The number of amides is 1. The first kappa shape index (κ1) is 16.7. The number of nitrogens with zero attached hydrogens (tertiary/aromatic N) is 1. The van der Waals surface area contributed by atoms with Crippen molar-refractivity contribution in [3.63, 3.8) is 0 Å². The lowest BCUT2D eigenvalue weighted by Gasteiger charge is -2.33. The summed E-state index contributed by atoms with van der Waals surface area (Å²) in [6.45, 7) is 8.57. The van der Waals surface area contributed by atoms with Crippen LogP contribution in [0.2, 0.25) is 0 Å². The average molecular weight is 264 g/mol. The van der Waals surface area contributed by atoms with Crippen molar-refractivity contribution in [3.05, 3.63) is 0 Å². The molecule has 17 heavy (non-hydrogen) atoms. The number of nitrogens with two attached hydrogens (primary N) is 1. The monoisotopic (exact) mass is 263 g/mol. The number of hydrogen-bond donors (Lipinski definition) is 2. The predicted molar refractivity (Wildman–Crippen MR) is 73.3 cm³/mol. The van der Waals surface area contributed by atoms with Crippen molar-refractivity contribution in [2.24, 2.45) is 11.7 Å². The standard InChI is InChI=1S/C12H25N3O.ClH/c1-9(2)14-12(16)8-15-6-4-11(5-7-15)10(3)13;/h9-11H,4-8,13H2,1-3H3,(H,14,16);1H. The number of piperidine rings is 1. The molecular weight excluding hydrogens is 238 g/mol. The van der Waals surface area contributed by atoms with Gasteiger partial charge in [-0.3, -0.25) is 9.69 Å². The Labute approximate surface area is 111 Å². The number of hydrogen-bond acceptors (Lipinski definition) is 3. The Morgan fingerprint density at radius 1 is 1.35 bits per heavy atom. The highest BCUT2D eigenvalue weighted by Crippen LogP contribution is 2.18. The zero-order valence-electron chi connectivity index (χ0n) is 11.1. The van der Waals surface area contributed by atoms with E-state index in [0.717, 1.165) is 25.9 Å². The Bertz CT molecular complexity index is 226. The first-order valence-electron chi connectivity index (χ1n) is 6.26. The number of rotatable bonds is 4. The Kier molecular flexibility index (Phi) is 7.75. The first-order chi connectivity index (χ1) is 7.49. The largest absolute Gasteiger partial charge is 0.353 e. The van der Waals surface area contributed by atoms with Crippen LogP contribution in [0.15, 0.2) is 0 Å². The predicted octanol–water partition coefficient (Wildman–Crippen LogP) is 0.992. The zero-order chi connectivity index (χ0) is 12.1. The Morgan fingerprint density at radius 2 is 1.88 bits per heavy atom. The van der Waals surface area contributed by atoms with Crippen LogP contribution < -0.4 is 11.1 Å². The van der Waals surface area contributed by atoms with E-state index in [9.17, 15) is 4.79 Å². The lowest BCUT2D eigenvalue weighted by molar-refractivity contribution is -0.123. The molecule has 1 rings (SSSR count). The van der Waals surface area contributed by atoms with Crippen LogP contribution in [0.25, 0.3) is 0 Å². The summed E-state index contributed by atoms with van der Waals surface area (Å²) >= 11 is 0. The molecule has 1 aliphatic heterocycles. The molecule has 0 radical (unpaired) electrons. The topological polar surface area (TPSA) is 58.4 Å². The molecule has 0 aromatic carbocycles. The second-order valence-electron chi connectivity index (χ2n) is 5.19. The van der Waals surface area contributed by atoms with E-state index in [2.05, 4.69) is 17.1 Å². The van der Waals surface area contributed by atoms with Crippen molar-refractivity contribution < 1.29 is 4.79 Å². The fourth-order valence-electron chi connectivity index (χ4n) is 2.21. The van der Waals surface area contributed by atoms with Gasteiger partial charge in [0.05, 0.1) is 6.54 Å². The summed E-state index contributed by atoms with van der Waals surface area (Å²) in [5.74, 6) is 0.763. The summed E-state index contributed by atoms with van der Waals surface area (Å²) in [5, 5.41) is 2.92. The van der Waals surface area contributed by atoms with E-state index in [1.54, 1.807) is 0 Å². The minimum atomic E-state index is 0. The van der Waals surface area contributed by atoms with E-state index >= 15 is 0 Å². The summed E-state index contributed by atoms with van der Waals surface area (Å²) in [5.41, 5.74) is 5.88. The average Bonchev–Trinajstić information content (AvgIpc) is 2.16. The van der Waals surface area contributed by atoms with Gasteiger partial charge in [0.15, 0.2) is 0 Å². The first-order valence-corrected chi connectivity index (χ1v) is 6.26. The maximum absolute atomic E-state index is 11.6. The summed E-state index contributed by atoms with van der Waals surface area (Å²) in [6, 6.07) is 0.515. The second-order valence-corrected chi connectivity index (χ2v) is 5.19. The number of carbonyl (C=O) groups is 1. The molecule has 1 aliphatic rings. The van der Waals surface area contributed by atoms with Crippen LogP contribution in [0.1, 0.15) is 33.6 Å². The van der Waals surface area contributed by atoms with E-state index in [0.29, 0.717) is 12.5 Å². The quantitative estimate of drug-likeness (QED) is 0.795. The minimum Gasteiger partial charge on any atom is -0.353 e. The smallest absolute Gasteiger partial charge is 0.234 e. The van der Waals surface area contributed by atoms with Crippen LogP contribution in [0, 0.1) is 5.92 Å². The summed E-state index contributed by atoms with van der Waals surface area (Å²) in [7, 11) is 0. The van der Waals surface area contributed by atoms with Gasteiger partial charge < -0.3 is 11.1 Å². The molecule has 0 aromatic heterocycles. The molecule has 1 heterocycles. The summed E-state index contributed by atoms with van der Waals surface area (Å²) < 4.78 is 0. The fraction of sp³-hybridized carbons (Fsp3) is 0.917. The molecular formula is C12H26ClN3O. The van der Waals surface area contributed by atoms with Crippen LogP contribution in [0.4, 0.5) is 0 Å². The second kappa shape index (κ2) is 7.90. The van der Waals surface area contributed by atoms with Gasteiger partial charge in [0.25, 0.3) is 0 Å². The van der Waals surface area contributed by atoms with E-state index in [1.807, 2.05) is 13.8 Å². The SMILES string of the molecule is CC(C)NC(=O)CN1CCC(C(C)N)CC1.Cl. The Balaban J connectivity index is 0.00000256. The minimum absolute atomic E-state index is 0. The highest BCUT2D eigenvalue weighted by Gasteiger charge is 2.22. The lowest BCUT2D eigenvalue weighted by Crippen LogP contribution is -2.45. The Hall–Kier alpha value is -0.320. The number of carbonyl (C=O) groups excluding carboxylic acids is 1. The van der Waals surface area contributed by atoms with Crippen molar-refractivity contribution in [2.45, 2.75) is 45.7 Å². The summed E-state index contributed by atoms with van der Waals surface area (Å²) in [4.78, 5) is 13.8. The molecule has 1 unspecified atom stereocenters. The van der Waals surface area contributed by atoms with Gasteiger partial charge in [-0.2, -0.15) is 0 Å². The van der Waals surface area contributed by atoms with Gasteiger partial charge in [-0.05, 0) is 52.6 Å². The molecule has 5 heteroatoms. The van der Waals surface area contributed by atoms with Gasteiger partial charge in [0.2, 0.25) is 5.91 Å². The van der Waals surface area contributed by atoms with E-state index in [-0.39, 0.29) is 30.4 Å². The van der Waals surface area contributed by atoms with Crippen LogP contribution in [0.3, 0.4) is 0 Å². The van der Waals surface area contributed by atoms with E-state index in [1.165, 1.54) is 0 Å². The van der Waals surface area contributed by atoms with Gasteiger partial charge in [0.1, 0.15) is 0 Å². The van der Waals surface area contributed by atoms with Crippen molar-refractivity contribution in [3.8, 4) is 0 Å². The maximum Gasteiger partial charge on any atom is 0.234 e. The summed E-state index contributed by atoms with van der Waals surface area (Å²) in [6.07, 6.45) is 2.24. The molecule has 3 N–H and O–H groups in total. The molecule has 102 valence electrons. The molecule has 4 nitrogen and oxygen atoms in total. The normalized spacial score (nSPS) is 19.8. The lowest BCUT2D eigenvalue weighted by atomic mass is 9.91. The molecule has 1 amide bonds. The highest BCUT2D eigenvalue weighted by atomic mass is 35.5. The number of likely N-dealkylation sites (tertiary alicyclic amines) is 1. The third kappa shape index (κ3) is 6.24. The Morgan fingerprint density at radius 3 is 2.29 bits per heavy atom. The van der Waals surface area contributed by atoms with Crippen molar-refractivity contribution in [2.75, 3.05) is 19.6 Å². The van der Waals surface area contributed by atoms with Crippen LogP contribution >= 0.6 is 12.4 Å². The molecule has 0 saturated carbocycles. The van der Waals surface area contributed by atoms with Crippen molar-refractivity contribution in [1.29, 1.82) is 0 Å². The molecule has 1 atom stereocenters. The van der Waals surface area contributed by atoms with Gasteiger partial charge >= 0.3 is 0 Å². The van der Waals surface area contributed by atoms with Crippen molar-refractivity contribution in [1.82, 2.24) is 10.2 Å². The molecule has 1 fully saturated rings. The molecule has 0 aromatic rings. The highest BCUT2D eigenvalue weighted by molar-refractivity contribution is 5.85. The van der Waals surface area contributed by atoms with Gasteiger partial charge in [-0.15, -0.1) is 12.4 Å². The molecule has 1 saturated heterocycles. The fourth-order valence-corrected chi connectivity index (χ4v) is 2.21. The maximum atomic E-state index is 11.6. The van der Waals surface area contributed by atoms with Crippen LogP contribution in [0.5, 0.6) is 0 Å². The van der Waals surface area contributed by atoms with Crippen molar-refractivity contribution >= 4 is 18.3 Å². The molecule has 0 aliphatic carbocycles. The van der Waals surface area contributed by atoms with Gasteiger partial charge in [-0.1, -0.05) is 0 Å². The molecule has 0 bridgehead atoms. The molecule has 0 spiro atoms. The van der Waals surface area contributed by atoms with Crippen LogP contribution in [-0.4, -0.2) is 42.5 Å². The van der Waals surface area contributed by atoms with Crippen LogP contribution in [-0.2, 0) is 4.79 Å².